The maximum Gasteiger partial charge on any atom is 0.433 e. The summed E-state index contributed by atoms with van der Waals surface area (Å²) in [7, 11) is -3.00. The van der Waals surface area contributed by atoms with E-state index in [0.717, 1.165) is 13.1 Å². The number of aryl methyl sites for hydroxylation is 1. The van der Waals surface area contributed by atoms with Gasteiger partial charge in [0.1, 0.15) is 15.6 Å². The summed E-state index contributed by atoms with van der Waals surface area (Å²) in [5, 5.41) is 4.08. The van der Waals surface area contributed by atoms with Gasteiger partial charge in [-0.3, -0.25) is 14.9 Å². The quantitative estimate of drug-likeness (QED) is 0.566. The number of sulfonamides is 1. The Morgan fingerprint density at radius 3 is 2.55 bits per heavy atom. The van der Waals surface area contributed by atoms with Crippen molar-refractivity contribution in [1.82, 2.24) is 20.0 Å². The molecule has 7 nitrogen and oxygen atoms in total. The van der Waals surface area contributed by atoms with Crippen LogP contribution >= 0.6 is 22.9 Å². The Morgan fingerprint density at radius 2 is 1.93 bits per heavy atom. The molecule has 0 aliphatic carbocycles. The third kappa shape index (κ3) is 4.78. The van der Waals surface area contributed by atoms with E-state index in [1.54, 1.807) is 6.07 Å². The van der Waals surface area contributed by atoms with E-state index < -0.39 is 27.8 Å². The van der Waals surface area contributed by atoms with Crippen molar-refractivity contribution in [3.05, 3.63) is 58.7 Å². The number of nitrogens with one attached hydrogen (secondary N) is 2. The van der Waals surface area contributed by atoms with Crippen LogP contribution in [0.3, 0.4) is 0 Å². The van der Waals surface area contributed by atoms with Crippen molar-refractivity contribution >= 4 is 38.9 Å². The van der Waals surface area contributed by atoms with Gasteiger partial charge in [0.2, 0.25) is 0 Å². The summed E-state index contributed by atoms with van der Waals surface area (Å²) in [5.74, 6) is -0.729. The second-order valence-corrected chi connectivity index (χ2v) is 9.15. The van der Waals surface area contributed by atoms with Crippen LogP contribution < -0.4 is 10.3 Å². The Labute approximate surface area is 172 Å². The largest absolute Gasteiger partial charge is 0.433 e. The van der Waals surface area contributed by atoms with Crippen LogP contribution in [0.1, 0.15) is 16.1 Å². The molecular weight excluding hydrogens is 453 g/mol. The van der Waals surface area contributed by atoms with Crippen molar-refractivity contribution in [3.8, 4) is 10.6 Å². The van der Waals surface area contributed by atoms with Gasteiger partial charge in [0, 0.05) is 17.6 Å². The first-order valence-corrected chi connectivity index (χ1v) is 10.4. The summed E-state index contributed by atoms with van der Waals surface area (Å²) in [4.78, 5) is 14.2. The van der Waals surface area contributed by atoms with Crippen LogP contribution in [-0.2, 0) is 23.2 Å². The molecule has 29 heavy (non-hydrogen) atoms. The van der Waals surface area contributed by atoms with Crippen LogP contribution in [0.4, 0.5) is 13.2 Å². The number of halogens is 4. The average molecular weight is 465 g/mol. The topological polar surface area (TPSA) is 93.1 Å². The predicted octanol–water partition coefficient (Wildman–Crippen LogP) is 3.44. The summed E-state index contributed by atoms with van der Waals surface area (Å²) in [6.07, 6.45) is -4.58. The van der Waals surface area contributed by atoms with Crippen LogP contribution in [0.2, 0.25) is 5.02 Å². The molecule has 0 radical (unpaired) electrons. The fourth-order valence-corrected chi connectivity index (χ4v) is 4.61. The summed E-state index contributed by atoms with van der Waals surface area (Å²) in [6, 6.07) is 9.25. The predicted molar refractivity (Wildman–Crippen MR) is 101 cm³/mol. The number of aromatic nitrogens is 2. The SMILES string of the molecule is Cn1nc(-c2ccc(S(=O)(=O)NNC(=O)c3cccc(Cl)c3)s2)cc1C(F)(F)F. The lowest BCUT2D eigenvalue weighted by atomic mass is 10.2. The standard InChI is InChI=1S/C16H12ClF3N4O3S2/c1-24-13(16(18,19)20)8-11(22-24)12-5-6-14(28-12)29(26,27)23-21-15(25)9-3-2-4-10(17)7-9/h2-8,23H,1H3,(H,21,25). The van der Waals surface area contributed by atoms with Crippen LogP contribution in [0.15, 0.2) is 46.7 Å². The molecule has 0 saturated heterocycles. The first-order chi connectivity index (χ1) is 13.5. The fourth-order valence-electron chi connectivity index (χ4n) is 2.32. The van der Waals surface area contributed by atoms with E-state index >= 15 is 0 Å². The van der Waals surface area contributed by atoms with Gasteiger partial charge in [-0.05, 0) is 36.4 Å². The normalized spacial score (nSPS) is 12.2. The summed E-state index contributed by atoms with van der Waals surface area (Å²) < 4.78 is 63.9. The average Bonchev–Trinajstić information content (AvgIpc) is 3.26. The van der Waals surface area contributed by atoms with E-state index in [9.17, 15) is 26.4 Å². The van der Waals surface area contributed by atoms with Gasteiger partial charge in [0.25, 0.3) is 15.9 Å². The summed E-state index contributed by atoms with van der Waals surface area (Å²) >= 11 is 6.49. The van der Waals surface area contributed by atoms with E-state index in [0.29, 0.717) is 21.0 Å². The second-order valence-electron chi connectivity index (χ2n) is 5.72. The molecule has 3 aromatic rings. The molecule has 3 rings (SSSR count). The number of hydrazine groups is 1. The van der Waals surface area contributed by atoms with Crippen LogP contribution in [0, 0.1) is 0 Å². The third-order valence-corrected chi connectivity index (χ3v) is 6.74. The minimum Gasteiger partial charge on any atom is -0.273 e. The summed E-state index contributed by atoms with van der Waals surface area (Å²) in [5.41, 5.74) is 1.21. The zero-order valence-electron chi connectivity index (χ0n) is 14.5. The Morgan fingerprint density at radius 1 is 1.21 bits per heavy atom. The molecule has 0 saturated carbocycles. The van der Waals surface area contributed by atoms with Gasteiger partial charge in [-0.15, -0.1) is 16.2 Å². The number of alkyl halides is 3. The zero-order chi connectivity index (χ0) is 21.4. The fraction of sp³-hybridized carbons (Fsp3) is 0.125. The minimum absolute atomic E-state index is 0.0192. The maximum atomic E-state index is 12.9. The Bertz CT molecular complexity index is 1170. The van der Waals surface area contributed by atoms with Gasteiger partial charge in [-0.25, -0.2) is 8.42 Å². The number of hydrogen-bond donors (Lipinski definition) is 2. The first-order valence-electron chi connectivity index (χ1n) is 7.76. The number of carbonyl (C=O) groups is 1. The highest BCUT2D eigenvalue weighted by atomic mass is 35.5. The molecule has 0 unspecified atom stereocenters. The van der Waals surface area contributed by atoms with Gasteiger partial charge < -0.3 is 0 Å². The Hall–Kier alpha value is -2.41. The van der Waals surface area contributed by atoms with E-state index in [4.69, 9.17) is 11.6 Å². The highest BCUT2D eigenvalue weighted by molar-refractivity contribution is 7.91. The van der Waals surface area contributed by atoms with E-state index in [-0.39, 0.29) is 20.3 Å². The van der Waals surface area contributed by atoms with Crippen molar-refractivity contribution in [3.63, 3.8) is 0 Å². The molecule has 0 aliphatic heterocycles. The van der Waals surface area contributed by atoms with Crippen molar-refractivity contribution in [1.29, 1.82) is 0 Å². The van der Waals surface area contributed by atoms with Gasteiger partial charge in [0.15, 0.2) is 0 Å². The number of benzene rings is 1. The maximum absolute atomic E-state index is 12.9. The van der Waals surface area contributed by atoms with E-state index in [1.807, 2.05) is 10.3 Å². The Balaban J connectivity index is 1.76. The lowest BCUT2D eigenvalue weighted by molar-refractivity contribution is -0.143. The molecule has 0 fully saturated rings. The van der Waals surface area contributed by atoms with Crippen molar-refractivity contribution < 1.29 is 26.4 Å². The molecule has 154 valence electrons. The van der Waals surface area contributed by atoms with E-state index in [1.165, 1.54) is 30.3 Å². The smallest absolute Gasteiger partial charge is 0.273 e. The molecule has 0 bridgehead atoms. The molecule has 0 atom stereocenters. The summed E-state index contributed by atoms with van der Waals surface area (Å²) in [6.45, 7) is 0. The van der Waals surface area contributed by atoms with Gasteiger partial charge in [-0.1, -0.05) is 17.7 Å². The molecule has 0 aliphatic rings. The monoisotopic (exact) mass is 464 g/mol. The zero-order valence-corrected chi connectivity index (χ0v) is 16.9. The van der Waals surface area contributed by atoms with Gasteiger partial charge >= 0.3 is 6.18 Å². The van der Waals surface area contributed by atoms with Crippen LogP contribution in [-0.4, -0.2) is 24.1 Å². The highest BCUT2D eigenvalue weighted by Gasteiger charge is 2.35. The van der Waals surface area contributed by atoms with Crippen molar-refractivity contribution in [2.45, 2.75) is 10.4 Å². The Kier molecular flexibility index (Phi) is 5.72. The molecule has 13 heteroatoms. The third-order valence-electron chi connectivity index (χ3n) is 3.65. The number of thiophene rings is 1. The van der Waals surface area contributed by atoms with Crippen molar-refractivity contribution in [2.24, 2.45) is 7.05 Å². The molecule has 1 amide bonds. The van der Waals surface area contributed by atoms with Gasteiger partial charge in [0.05, 0.1) is 4.88 Å². The number of rotatable bonds is 5. The lowest BCUT2D eigenvalue weighted by Crippen LogP contribution is -2.41. The second kappa shape index (κ2) is 7.78. The molecule has 0 spiro atoms. The van der Waals surface area contributed by atoms with E-state index in [2.05, 4.69) is 5.10 Å². The number of hydrogen-bond acceptors (Lipinski definition) is 5. The molecule has 2 N–H and O–H groups in total. The number of carbonyl (C=O) groups excluding carboxylic acids is 1. The molecule has 1 aromatic carbocycles. The molecule has 2 aromatic heterocycles. The highest BCUT2D eigenvalue weighted by Crippen LogP contribution is 2.35. The number of amides is 1. The van der Waals surface area contributed by atoms with Crippen LogP contribution in [0.25, 0.3) is 10.6 Å². The lowest BCUT2D eigenvalue weighted by Gasteiger charge is -2.07. The van der Waals surface area contributed by atoms with Crippen molar-refractivity contribution in [2.75, 3.05) is 0 Å². The minimum atomic E-state index is -4.58. The molecular formula is C16H12ClF3N4O3S2. The number of nitrogens with zero attached hydrogens (tertiary/aromatic N) is 2. The molecule has 2 heterocycles. The van der Waals surface area contributed by atoms with Crippen LogP contribution in [0.5, 0.6) is 0 Å². The first kappa shape index (κ1) is 21.3. The van der Waals surface area contributed by atoms with Gasteiger partial charge in [-0.2, -0.15) is 18.3 Å².